The highest BCUT2D eigenvalue weighted by Crippen LogP contribution is 2.58. The first-order valence-corrected chi connectivity index (χ1v) is 5.72. The van der Waals surface area contributed by atoms with Gasteiger partial charge in [-0.2, -0.15) is 26.3 Å². The number of fused-ring (bicyclic) bond motifs is 2. The normalized spacial score (nSPS) is 36.1. The van der Waals surface area contributed by atoms with Crippen LogP contribution in [0, 0.1) is 16.0 Å². The van der Waals surface area contributed by atoms with Crippen LogP contribution in [0.4, 0.5) is 26.3 Å². The summed E-state index contributed by atoms with van der Waals surface area (Å²) in [6, 6.07) is -1.60. The summed E-state index contributed by atoms with van der Waals surface area (Å²) in [6.45, 7) is 0. The van der Waals surface area contributed by atoms with E-state index in [9.17, 15) is 36.5 Å². The third-order valence-corrected chi connectivity index (χ3v) is 4.26. The van der Waals surface area contributed by atoms with Crippen LogP contribution in [-0.4, -0.2) is 40.5 Å². The zero-order valence-electron chi connectivity index (χ0n) is 9.33. The van der Waals surface area contributed by atoms with Crippen molar-refractivity contribution in [2.24, 2.45) is 5.92 Å². The topological polar surface area (TPSA) is 64.4 Å². The molecule has 0 aromatic rings. The molecule has 1 saturated heterocycles. The van der Waals surface area contributed by atoms with Gasteiger partial charge in [-0.3, -0.25) is 5.32 Å². The van der Waals surface area contributed by atoms with Gasteiger partial charge in [0.2, 0.25) is 5.54 Å². The molecule has 20 heavy (non-hydrogen) atoms. The monoisotopic (exact) mass is 328 g/mol. The fourth-order valence-corrected chi connectivity index (χ4v) is 3.42. The van der Waals surface area contributed by atoms with Crippen LogP contribution < -0.4 is 5.32 Å². The Balaban J connectivity index is 2.37. The molecule has 1 aliphatic heterocycles. The van der Waals surface area contributed by atoms with Gasteiger partial charge in [0.15, 0.2) is 0 Å². The molecule has 4 atom stereocenters. The van der Waals surface area contributed by atoms with Crippen LogP contribution in [0.1, 0.15) is 6.42 Å². The molecule has 5 nitrogen and oxygen atoms in total. The van der Waals surface area contributed by atoms with Gasteiger partial charge in [-0.05, 0) is 6.42 Å². The summed E-state index contributed by atoms with van der Waals surface area (Å²) in [5.41, 5.74) is -4.16. The maximum atomic E-state index is 12.9. The molecule has 2 bridgehead atoms. The molecule has 12 heteroatoms. The molecule has 0 aromatic heterocycles. The second kappa shape index (κ2) is 4.26. The van der Waals surface area contributed by atoms with E-state index in [0.29, 0.717) is 0 Å². The highest BCUT2D eigenvalue weighted by atomic mass is 35.5. The molecular formula is C8H7ClF6N2O3. The summed E-state index contributed by atoms with van der Waals surface area (Å²) in [7, 11) is 0. The van der Waals surface area contributed by atoms with E-state index >= 15 is 0 Å². The van der Waals surface area contributed by atoms with Crippen molar-refractivity contribution in [1.82, 2.24) is 5.32 Å². The number of hydrogen-bond donors (Lipinski definition) is 1. The van der Waals surface area contributed by atoms with E-state index in [2.05, 4.69) is 4.84 Å². The van der Waals surface area contributed by atoms with Crippen LogP contribution in [0.3, 0.4) is 0 Å². The van der Waals surface area contributed by atoms with Crippen LogP contribution in [0.15, 0.2) is 0 Å². The molecule has 2 rings (SSSR count). The van der Waals surface area contributed by atoms with Crippen molar-refractivity contribution >= 4 is 11.6 Å². The van der Waals surface area contributed by atoms with Crippen molar-refractivity contribution in [2.45, 2.75) is 41.8 Å². The van der Waals surface area contributed by atoms with Gasteiger partial charge in [0.05, 0.1) is 11.4 Å². The molecule has 0 aromatic carbocycles. The van der Waals surface area contributed by atoms with Gasteiger partial charge in [0, 0.05) is 5.92 Å². The lowest BCUT2D eigenvalue weighted by atomic mass is 9.82. The number of alkyl halides is 7. The molecule has 1 aliphatic carbocycles. The van der Waals surface area contributed by atoms with Gasteiger partial charge in [-0.15, -0.1) is 21.7 Å². The van der Waals surface area contributed by atoms with Crippen LogP contribution >= 0.6 is 11.6 Å². The smallest absolute Gasteiger partial charge is 0.309 e. The first-order chi connectivity index (χ1) is 8.92. The zero-order chi connectivity index (χ0) is 15.5. The van der Waals surface area contributed by atoms with Crippen molar-refractivity contribution in [3.05, 3.63) is 10.1 Å². The Morgan fingerprint density at radius 1 is 1.25 bits per heavy atom. The predicted molar refractivity (Wildman–Crippen MR) is 51.4 cm³/mol. The quantitative estimate of drug-likeness (QED) is 0.364. The number of halogens is 7. The Kier molecular flexibility index (Phi) is 3.29. The lowest BCUT2D eigenvalue weighted by Gasteiger charge is -2.42. The molecule has 2 aliphatic rings. The van der Waals surface area contributed by atoms with E-state index in [-0.39, 0.29) is 0 Å². The van der Waals surface area contributed by atoms with E-state index < -0.39 is 52.8 Å². The average Bonchev–Trinajstić information content (AvgIpc) is 2.66. The maximum Gasteiger partial charge on any atom is 0.415 e. The highest BCUT2D eigenvalue weighted by molar-refractivity contribution is 6.22. The van der Waals surface area contributed by atoms with Crippen molar-refractivity contribution < 1.29 is 36.3 Å². The Hall–Kier alpha value is -0.970. The average molecular weight is 329 g/mol. The minimum atomic E-state index is -5.63. The Bertz CT molecular complexity index is 413. The van der Waals surface area contributed by atoms with Crippen LogP contribution in [0.2, 0.25) is 0 Å². The molecular weight excluding hydrogens is 322 g/mol. The minimum Gasteiger partial charge on any atom is -0.309 e. The fraction of sp³-hybridized carbons (Fsp3) is 1.00. The Morgan fingerprint density at radius 2 is 1.75 bits per heavy atom. The van der Waals surface area contributed by atoms with Crippen molar-refractivity contribution in [3.63, 3.8) is 0 Å². The highest BCUT2D eigenvalue weighted by Gasteiger charge is 2.81. The maximum absolute atomic E-state index is 12.9. The standard InChI is InChI=1S/C8H7ClF6N2O3/c9-4-2-1-3(20-17(18)19)5(4)16-6(2,7(10,11)12)8(13,14)15/h2-5,16H,1H2/t2-,3+,4+,5-/m0/s1. The van der Waals surface area contributed by atoms with Crippen molar-refractivity contribution in [3.8, 4) is 0 Å². The van der Waals surface area contributed by atoms with Gasteiger partial charge in [-0.1, -0.05) is 0 Å². The van der Waals surface area contributed by atoms with E-state index in [1.165, 1.54) is 5.32 Å². The Labute approximate surface area is 112 Å². The number of hydrogen-bond acceptors (Lipinski definition) is 4. The predicted octanol–water partition coefficient (Wildman–Crippen LogP) is 2.03. The number of nitrogens with zero attached hydrogens (tertiary/aromatic N) is 1. The third kappa shape index (κ3) is 1.90. The Morgan fingerprint density at radius 3 is 2.05 bits per heavy atom. The molecule has 0 radical (unpaired) electrons. The van der Waals surface area contributed by atoms with Gasteiger partial charge >= 0.3 is 12.4 Å². The number of rotatable bonds is 2. The van der Waals surface area contributed by atoms with Gasteiger partial charge in [0.1, 0.15) is 6.10 Å². The largest absolute Gasteiger partial charge is 0.415 e. The molecule has 116 valence electrons. The molecule has 1 heterocycles. The molecule has 1 N–H and O–H groups in total. The van der Waals surface area contributed by atoms with Gasteiger partial charge < -0.3 is 4.84 Å². The number of piperidine rings is 1. The fourth-order valence-electron chi connectivity index (χ4n) is 2.90. The summed E-state index contributed by atoms with van der Waals surface area (Å²) in [4.78, 5) is 14.2. The van der Waals surface area contributed by atoms with E-state index in [4.69, 9.17) is 11.6 Å². The first-order valence-electron chi connectivity index (χ1n) is 5.28. The summed E-state index contributed by atoms with van der Waals surface area (Å²) < 4.78 is 77.5. The van der Waals surface area contributed by atoms with E-state index in [0.717, 1.165) is 0 Å². The minimum absolute atomic E-state index is 0.800. The van der Waals surface area contributed by atoms with Crippen molar-refractivity contribution in [2.75, 3.05) is 0 Å². The molecule has 1 saturated carbocycles. The first kappa shape index (κ1) is 15.4. The molecule has 0 amide bonds. The van der Waals surface area contributed by atoms with Gasteiger partial charge in [-0.25, -0.2) is 0 Å². The summed E-state index contributed by atoms with van der Waals surface area (Å²) in [5.74, 6) is -2.08. The lowest BCUT2D eigenvalue weighted by Crippen LogP contribution is -2.70. The molecule has 0 unspecified atom stereocenters. The summed E-state index contributed by atoms with van der Waals surface area (Å²) in [5, 5.41) is 8.71. The summed E-state index contributed by atoms with van der Waals surface area (Å²) >= 11 is 5.59. The lowest BCUT2D eigenvalue weighted by molar-refractivity contribution is -0.769. The number of nitrogens with one attached hydrogen (secondary N) is 1. The van der Waals surface area contributed by atoms with Crippen LogP contribution in [0.5, 0.6) is 0 Å². The van der Waals surface area contributed by atoms with Gasteiger partial charge in [0.25, 0.3) is 5.09 Å². The second-order valence-electron chi connectivity index (χ2n) is 4.63. The summed E-state index contributed by atoms with van der Waals surface area (Å²) in [6.07, 6.45) is -13.5. The molecule has 0 spiro atoms. The van der Waals surface area contributed by atoms with E-state index in [1.807, 2.05) is 0 Å². The SMILES string of the molecule is O=[N+]([O-])O[C@@H]1C[C@H]2[C@@H](Cl)[C@H]1NC2(C(F)(F)F)C(F)(F)F. The van der Waals surface area contributed by atoms with Crippen LogP contribution in [0.25, 0.3) is 0 Å². The van der Waals surface area contributed by atoms with Crippen molar-refractivity contribution in [1.29, 1.82) is 0 Å². The zero-order valence-corrected chi connectivity index (χ0v) is 10.1. The van der Waals surface area contributed by atoms with Crippen LogP contribution in [-0.2, 0) is 4.84 Å². The second-order valence-corrected chi connectivity index (χ2v) is 5.13. The molecule has 2 fully saturated rings. The third-order valence-electron chi connectivity index (χ3n) is 3.68. The van der Waals surface area contributed by atoms with E-state index in [1.54, 1.807) is 0 Å².